The van der Waals surface area contributed by atoms with Crippen LogP contribution in [0.3, 0.4) is 0 Å². The molecule has 0 bridgehead atoms. The molecule has 2 N–H and O–H groups in total. The van der Waals surface area contributed by atoms with Crippen molar-refractivity contribution in [2.75, 3.05) is 6.54 Å². The number of rotatable bonds is 3. The Morgan fingerprint density at radius 2 is 2.27 bits per heavy atom. The van der Waals surface area contributed by atoms with Gasteiger partial charge in [0.1, 0.15) is 5.82 Å². The highest BCUT2D eigenvalue weighted by Crippen LogP contribution is 2.23. The first-order valence-electron chi connectivity index (χ1n) is 5.04. The van der Waals surface area contributed by atoms with Gasteiger partial charge in [-0.3, -0.25) is 0 Å². The van der Waals surface area contributed by atoms with Gasteiger partial charge < -0.3 is 10.3 Å². The first-order valence-corrected chi connectivity index (χ1v) is 5.41. The zero-order valence-corrected chi connectivity index (χ0v) is 9.46. The van der Waals surface area contributed by atoms with Gasteiger partial charge in [0, 0.05) is 13.5 Å². The molecule has 0 amide bonds. The lowest BCUT2D eigenvalue weighted by atomic mass is 10.3. The lowest BCUT2D eigenvalue weighted by molar-refractivity contribution is 0.741. The van der Waals surface area contributed by atoms with Crippen molar-refractivity contribution in [3.8, 4) is 0 Å². The highest BCUT2D eigenvalue weighted by Gasteiger charge is 2.09. The molecule has 1 aromatic carbocycles. The Morgan fingerprint density at radius 1 is 1.47 bits per heavy atom. The predicted molar refractivity (Wildman–Crippen MR) is 63.1 cm³/mol. The van der Waals surface area contributed by atoms with Crippen LogP contribution in [0.15, 0.2) is 18.2 Å². The van der Waals surface area contributed by atoms with E-state index in [4.69, 9.17) is 17.3 Å². The van der Waals surface area contributed by atoms with Gasteiger partial charge in [-0.1, -0.05) is 17.7 Å². The lowest BCUT2D eigenvalue weighted by Gasteiger charge is -2.01. The molecule has 0 aliphatic heterocycles. The number of imidazole rings is 1. The van der Waals surface area contributed by atoms with Crippen LogP contribution in [-0.2, 0) is 13.5 Å². The van der Waals surface area contributed by atoms with Gasteiger partial charge >= 0.3 is 0 Å². The van der Waals surface area contributed by atoms with Crippen LogP contribution in [0.1, 0.15) is 12.2 Å². The molecule has 0 unspecified atom stereocenters. The minimum atomic E-state index is 0.691. The van der Waals surface area contributed by atoms with Crippen molar-refractivity contribution in [3.63, 3.8) is 0 Å². The number of fused-ring (bicyclic) bond motifs is 1. The average Bonchev–Trinajstić information content (AvgIpc) is 2.54. The first-order chi connectivity index (χ1) is 7.24. The third-order valence-corrected chi connectivity index (χ3v) is 2.85. The first kappa shape index (κ1) is 10.5. The molecule has 0 fully saturated rings. The van der Waals surface area contributed by atoms with E-state index in [1.165, 1.54) is 0 Å². The number of hydrogen-bond acceptors (Lipinski definition) is 2. The average molecular weight is 224 g/mol. The number of aromatic nitrogens is 2. The Bertz CT molecular complexity index is 476. The molecule has 1 aromatic heterocycles. The summed E-state index contributed by atoms with van der Waals surface area (Å²) >= 11 is 6.12. The number of para-hydroxylation sites is 1. The summed E-state index contributed by atoms with van der Waals surface area (Å²) in [6, 6.07) is 5.79. The fourth-order valence-electron chi connectivity index (χ4n) is 1.75. The van der Waals surface area contributed by atoms with E-state index in [0.29, 0.717) is 6.54 Å². The molecule has 3 nitrogen and oxygen atoms in total. The van der Waals surface area contributed by atoms with Gasteiger partial charge in [0.05, 0.1) is 16.1 Å². The Morgan fingerprint density at radius 3 is 2.93 bits per heavy atom. The molecule has 1 heterocycles. The number of nitrogens with zero attached hydrogens (tertiary/aromatic N) is 2. The lowest BCUT2D eigenvalue weighted by Crippen LogP contribution is -2.04. The fraction of sp³-hybridized carbons (Fsp3) is 0.364. The molecule has 0 radical (unpaired) electrons. The Kier molecular flexibility index (Phi) is 2.93. The van der Waals surface area contributed by atoms with Crippen LogP contribution in [0.25, 0.3) is 11.0 Å². The van der Waals surface area contributed by atoms with E-state index in [9.17, 15) is 0 Å². The maximum atomic E-state index is 6.12. The third kappa shape index (κ3) is 1.85. The molecular formula is C11H14ClN3. The largest absolute Gasteiger partial charge is 0.330 e. The van der Waals surface area contributed by atoms with E-state index < -0.39 is 0 Å². The number of halogens is 1. The summed E-state index contributed by atoms with van der Waals surface area (Å²) in [5, 5.41) is 0.751. The van der Waals surface area contributed by atoms with Gasteiger partial charge in [-0.15, -0.1) is 0 Å². The van der Waals surface area contributed by atoms with Crippen molar-refractivity contribution in [1.29, 1.82) is 0 Å². The van der Waals surface area contributed by atoms with E-state index in [-0.39, 0.29) is 0 Å². The zero-order valence-electron chi connectivity index (χ0n) is 8.70. The Hall–Kier alpha value is -1.06. The highest BCUT2D eigenvalue weighted by atomic mass is 35.5. The van der Waals surface area contributed by atoms with Crippen molar-refractivity contribution in [2.45, 2.75) is 12.8 Å². The van der Waals surface area contributed by atoms with Crippen LogP contribution in [0.4, 0.5) is 0 Å². The minimum absolute atomic E-state index is 0.691. The van der Waals surface area contributed by atoms with E-state index in [0.717, 1.165) is 34.7 Å². The number of hydrogen-bond donors (Lipinski definition) is 1. The van der Waals surface area contributed by atoms with Crippen LogP contribution in [0.5, 0.6) is 0 Å². The van der Waals surface area contributed by atoms with Crippen molar-refractivity contribution < 1.29 is 0 Å². The van der Waals surface area contributed by atoms with E-state index in [1.54, 1.807) is 0 Å². The number of nitrogens with two attached hydrogens (primary N) is 1. The zero-order chi connectivity index (χ0) is 10.8. The molecule has 0 saturated heterocycles. The van der Waals surface area contributed by atoms with Crippen molar-refractivity contribution >= 4 is 22.6 Å². The second-order valence-electron chi connectivity index (χ2n) is 3.59. The van der Waals surface area contributed by atoms with E-state index in [1.807, 2.05) is 29.8 Å². The van der Waals surface area contributed by atoms with Gasteiger partial charge in [0.25, 0.3) is 0 Å². The summed E-state index contributed by atoms with van der Waals surface area (Å²) in [7, 11) is 1.99. The van der Waals surface area contributed by atoms with Crippen molar-refractivity contribution in [2.24, 2.45) is 12.8 Å². The van der Waals surface area contributed by atoms with Crippen LogP contribution in [0, 0.1) is 0 Å². The smallest absolute Gasteiger partial charge is 0.109 e. The predicted octanol–water partition coefficient (Wildman–Crippen LogP) is 2.12. The van der Waals surface area contributed by atoms with Crippen LogP contribution >= 0.6 is 11.6 Å². The second-order valence-corrected chi connectivity index (χ2v) is 3.99. The number of aryl methyl sites for hydroxylation is 2. The van der Waals surface area contributed by atoms with Crippen LogP contribution in [0.2, 0.25) is 5.02 Å². The quantitative estimate of drug-likeness (QED) is 0.866. The molecule has 2 aromatic rings. The summed E-state index contributed by atoms with van der Waals surface area (Å²) in [4.78, 5) is 4.53. The second kappa shape index (κ2) is 4.21. The summed E-state index contributed by atoms with van der Waals surface area (Å²) in [6.07, 6.45) is 1.85. The monoisotopic (exact) mass is 223 g/mol. The van der Waals surface area contributed by atoms with Crippen molar-refractivity contribution in [3.05, 3.63) is 29.0 Å². The van der Waals surface area contributed by atoms with Gasteiger partial charge in [0.2, 0.25) is 0 Å². The maximum Gasteiger partial charge on any atom is 0.109 e. The molecule has 0 aliphatic carbocycles. The van der Waals surface area contributed by atoms with E-state index >= 15 is 0 Å². The standard InChI is InChI=1S/C11H14ClN3/c1-15-10(6-3-7-13)14-9-5-2-4-8(12)11(9)15/h2,4-5H,3,6-7,13H2,1H3. The van der Waals surface area contributed by atoms with Gasteiger partial charge in [-0.2, -0.15) is 0 Å². The summed E-state index contributed by atoms with van der Waals surface area (Å²) in [5.74, 6) is 1.04. The third-order valence-electron chi connectivity index (χ3n) is 2.54. The van der Waals surface area contributed by atoms with E-state index in [2.05, 4.69) is 4.98 Å². The Balaban J connectivity index is 2.50. The molecule has 0 saturated carbocycles. The molecule has 2 rings (SSSR count). The molecule has 4 heteroatoms. The van der Waals surface area contributed by atoms with Gasteiger partial charge in [0.15, 0.2) is 0 Å². The minimum Gasteiger partial charge on any atom is -0.330 e. The number of benzene rings is 1. The topological polar surface area (TPSA) is 43.8 Å². The van der Waals surface area contributed by atoms with Gasteiger partial charge in [-0.05, 0) is 25.1 Å². The molecule has 80 valence electrons. The summed E-state index contributed by atoms with van der Waals surface area (Å²) in [6.45, 7) is 0.691. The summed E-state index contributed by atoms with van der Waals surface area (Å²) in [5.41, 5.74) is 7.45. The SMILES string of the molecule is Cn1c(CCCN)nc2cccc(Cl)c21. The molecular weight excluding hydrogens is 210 g/mol. The van der Waals surface area contributed by atoms with Crippen LogP contribution < -0.4 is 5.73 Å². The summed E-state index contributed by atoms with van der Waals surface area (Å²) < 4.78 is 2.05. The normalized spacial score (nSPS) is 11.1. The molecule has 15 heavy (non-hydrogen) atoms. The maximum absolute atomic E-state index is 6.12. The Labute approximate surface area is 93.9 Å². The van der Waals surface area contributed by atoms with Gasteiger partial charge in [-0.25, -0.2) is 4.98 Å². The van der Waals surface area contributed by atoms with Crippen molar-refractivity contribution in [1.82, 2.24) is 9.55 Å². The highest BCUT2D eigenvalue weighted by molar-refractivity contribution is 6.34. The molecule has 0 aliphatic rings. The van der Waals surface area contributed by atoms with Crippen LogP contribution in [-0.4, -0.2) is 16.1 Å². The fourth-order valence-corrected chi connectivity index (χ4v) is 2.05. The molecule has 0 spiro atoms. The molecule has 0 atom stereocenters.